The highest BCUT2D eigenvalue weighted by Crippen LogP contribution is 2.02. The molecule has 0 aliphatic rings. The van der Waals surface area contributed by atoms with E-state index in [2.05, 4.69) is 15.3 Å². The lowest BCUT2D eigenvalue weighted by molar-refractivity contribution is 0.0945. The van der Waals surface area contributed by atoms with Gasteiger partial charge in [0.2, 0.25) is 0 Å². The molecule has 0 bridgehead atoms. The van der Waals surface area contributed by atoms with Crippen LogP contribution in [-0.2, 0) is 13.5 Å². The van der Waals surface area contributed by atoms with E-state index in [1.807, 2.05) is 19.3 Å². The van der Waals surface area contributed by atoms with Crippen LogP contribution in [0.5, 0.6) is 0 Å². The lowest BCUT2D eigenvalue weighted by Crippen LogP contribution is -2.26. The molecule has 0 atom stereocenters. The standard InChI is InChI=1S/C12H17N5O.ClH/c1-17-7-3-5-10(17)11(18)14-6-2-4-9-8-15-12(13)16-9;/h3,5,7-8H,2,4,6H2,1H3,(H,14,18)(H3,13,15,16);1H. The van der Waals surface area contributed by atoms with Gasteiger partial charge in [0, 0.05) is 26.0 Å². The molecule has 2 aromatic heterocycles. The number of aromatic amines is 1. The number of imidazole rings is 1. The maximum absolute atomic E-state index is 11.8. The summed E-state index contributed by atoms with van der Waals surface area (Å²) in [5, 5.41) is 2.87. The van der Waals surface area contributed by atoms with E-state index in [4.69, 9.17) is 5.73 Å². The quantitative estimate of drug-likeness (QED) is 0.718. The number of nitrogens with one attached hydrogen (secondary N) is 2. The van der Waals surface area contributed by atoms with Crippen molar-refractivity contribution in [3.8, 4) is 0 Å². The van der Waals surface area contributed by atoms with Crippen LogP contribution >= 0.6 is 12.4 Å². The summed E-state index contributed by atoms with van der Waals surface area (Å²) in [6.45, 7) is 0.622. The van der Waals surface area contributed by atoms with Crippen molar-refractivity contribution in [3.05, 3.63) is 35.9 Å². The molecule has 0 radical (unpaired) electrons. The van der Waals surface area contributed by atoms with Gasteiger partial charge >= 0.3 is 0 Å². The Morgan fingerprint density at radius 2 is 2.37 bits per heavy atom. The van der Waals surface area contributed by atoms with Crippen molar-refractivity contribution in [1.29, 1.82) is 0 Å². The first-order chi connectivity index (χ1) is 8.66. The van der Waals surface area contributed by atoms with Gasteiger partial charge in [-0.15, -0.1) is 12.4 Å². The first-order valence-corrected chi connectivity index (χ1v) is 5.86. The van der Waals surface area contributed by atoms with Crippen LogP contribution in [0.3, 0.4) is 0 Å². The van der Waals surface area contributed by atoms with E-state index in [0.717, 1.165) is 18.5 Å². The predicted octanol–water partition coefficient (Wildman–Crippen LogP) is 1.11. The zero-order valence-electron chi connectivity index (χ0n) is 10.7. The number of carbonyl (C=O) groups excluding carboxylic acids is 1. The SMILES string of the molecule is Cl.Cn1cccc1C(=O)NCCCc1c[nH]c(N)n1. The Morgan fingerprint density at radius 3 is 2.95 bits per heavy atom. The zero-order valence-corrected chi connectivity index (χ0v) is 11.5. The van der Waals surface area contributed by atoms with E-state index in [-0.39, 0.29) is 18.3 Å². The van der Waals surface area contributed by atoms with Crippen LogP contribution in [0.25, 0.3) is 0 Å². The minimum atomic E-state index is -0.0518. The number of anilines is 1. The second-order valence-corrected chi connectivity index (χ2v) is 4.14. The van der Waals surface area contributed by atoms with Gasteiger partial charge in [0.15, 0.2) is 5.95 Å². The largest absolute Gasteiger partial charge is 0.369 e. The molecule has 0 saturated carbocycles. The van der Waals surface area contributed by atoms with E-state index in [0.29, 0.717) is 18.2 Å². The van der Waals surface area contributed by atoms with Crippen molar-refractivity contribution in [1.82, 2.24) is 19.9 Å². The number of rotatable bonds is 5. The van der Waals surface area contributed by atoms with Gasteiger partial charge in [-0.3, -0.25) is 4.79 Å². The van der Waals surface area contributed by atoms with Gasteiger partial charge in [-0.05, 0) is 25.0 Å². The molecular weight excluding hydrogens is 266 g/mol. The van der Waals surface area contributed by atoms with Gasteiger partial charge in [-0.2, -0.15) is 0 Å². The lowest BCUT2D eigenvalue weighted by Gasteiger charge is -2.05. The maximum atomic E-state index is 11.8. The Bertz CT molecular complexity index is 534. The molecule has 4 N–H and O–H groups in total. The Morgan fingerprint density at radius 1 is 1.58 bits per heavy atom. The molecule has 19 heavy (non-hydrogen) atoms. The molecule has 2 heterocycles. The van der Waals surface area contributed by atoms with Crippen molar-refractivity contribution in [2.45, 2.75) is 12.8 Å². The van der Waals surface area contributed by atoms with Crippen LogP contribution in [0.15, 0.2) is 24.5 Å². The molecule has 104 valence electrons. The van der Waals surface area contributed by atoms with Crippen LogP contribution in [0.4, 0.5) is 5.95 Å². The fraction of sp³-hybridized carbons (Fsp3) is 0.333. The third-order valence-corrected chi connectivity index (χ3v) is 2.72. The summed E-state index contributed by atoms with van der Waals surface area (Å²) in [6.07, 6.45) is 5.26. The molecule has 2 aromatic rings. The minimum absolute atomic E-state index is 0. The van der Waals surface area contributed by atoms with Crippen LogP contribution in [0.2, 0.25) is 0 Å². The topological polar surface area (TPSA) is 88.7 Å². The highest BCUT2D eigenvalue weighted by molar-refractivity contribution is 5.92. The van der Waals surface area contributed by atoms with E-state index in [9.17, 15) is 4.79 Å². The monoisotopic (exact) mass is 283 g/mol. The van der Waals surface area contributed by atoms with Crippen LogP contribution in [-0.4, -0.2) is 27.0 Å². The third kappa shape index (κ3) is 4.03. The normalized spacial score (nSPS) is 9.95. The van der Waals surface area contributed by atoms with Gasteiger partial charge < -0.3 is 20.6 Å². The summed E-state index contributed by atoms with van der Waals surface area (Å²) in [6, 6.07) is 3.64. The first kappa shape index (κ1) is 15.1. The summed E-state index contributed by atoms with van der Waals surface area (Å²) >= 11 is 0. The Balaban J connectivity index is 0.00000180. The summed E-state index contributed by atoms with van der Waals surface area (Å²) < 4.78 is 1.80. The molecule has 0 fully saturated rings. The zero-order chi connectivity index (χ0) is 13.0. The van der Waals surface area contributed by atoms with Crippen LogP contribution < -0.4 is 11.1 Å². The number of aryl methyl sites for hydroxylation is 2. The van der Waals surface area contributed by atoms with Crippen LogP contribution in [0.1, 0.15) is 22.6 Å². The Hall–Kier alpha value is -1.95. The van der Waals surface area contributed by atoms with Crippen molar-refractivity contribution in [2.24, 2.45) is 7.05 Å². The second kappa shape index (κ2) is 6.84. The van der Waals surface area contributed by atoms with Crippen molar-refractivity contribution in [3.63, 3.8) is 0 Å². The van der Waals surface area contributed by atoms with Crippen molar-refractivity contribution >= 4 is 24.3 Å². The van der Waals surface area contributed by atoms with Gasteiger partial charge in [0.1, 0.15) is 5.69 Å². The van der Waals surface area contributed by atoms with Crippen molar-refractivity contribution in [2.75, 3.05) is 12.3 Å². The molecule has 7 heteroatoms. The number of nitrogens with two attached hydrogens (primary N) is 1. The maximum Gasteiger partial charge on any atom is 0.267 e. The molecule has 6 nitrogen and oxygen atoms in total. The molecule has 2 rings (SSSR count). The number of nitrogen functional groups attached to an aromatic ring is 1. The minimum Gasteiger partial charge on any atom is -0.369 e. The highest BCUT2D eigenvalue weighted by Gasteiger charge is 2.07. The van der Waals surface area contributed by atoms with E-state index >= 15 is 0 Å². The average molecular weight is 284 g/mol. The van der Waals surface area contributed by atoms with E-state index in [1.54, 1.807) is 16.8 Å². The average Bonchev–Trinajstić information content (AvgIpc) is 2.93. The van der Waals surface area contributed by atoms with Crippen molar-refractivity contribution < 1.29 is 4.79 Å². The molecule has 0 aromatic carbocycles. The summed E-state index contributed by atoms with van der Waals surface area (Å²) in [4.78, 5) is 18.7. The number of amides is 1. The molecular formula is C12H18ClN5O. The number of hydrogen-bond acceptors (Lipinski definition) is 3. The summed E-state index contributed by atoms with van der Waals surface area (Å²) in [5.74, 6) is 0.377. The lowest BCUT2D eigenvalue weighted by atomic mass is 10.2. The van der Waals surface area contributed by atoms with E-state index < -0.39 is 0 Å². The van der Waals surface area contributed by atoms with Crippen LogP contribution in [0, 0.1) is 0 Å². The number of hydrogen-bond donors (Lipinski definition) is 3. The predicted molar refractivity (Wildman–Crippen MR) is 76.3 cm³/mol. The molecule has 1 amide bonds. The molecule has 0 unspecified atom stereocenters. The fourth-order valence-electron chi connectivity index (χ4n) is 1.76. The third-order valence-electron chi connectivity index (χ3n) is 2.72. The van der Waals surface area contributed by atoms with Gasteiger partial charge in [-0.25, -0.2) is 4.98 Å². The molecule has 0 spiro atoms. The number of carbonyl (C=O) groups is 1. The number of halogens is 1. The summed E-state index contributed by atoms with van der Waals surface area (Å²) in [7, 11) is 1.85. The van der Waals surface area contributed by atoms with Gasteiger partial charge in [-0.1, -0.05) is 0 Å². The van der Waals surface area contributed by atoms with E-state index in [1.165, 1.54) is 0 Å². The molecule has 0 aliphatic heterocycles. The highest BCUT2D eigenvalue weighted by atomic mass is 35.5. The molecule has 0 saturated heterocycles. The fourth-order valence-corrected chi connectivity index (χ4v) is 1.76. The number of nitrogens with zero attached hydrogens (tertiary/aromatic N) is 2. The Labute approximate surface area is 117 Å². The number of aromatic nitrogens is 3. The smallest absolute Gasteiger partial charge is 0.267 e. The van der Waals surface area contributed by atoms with Gasteiger partial charge in [0.25, 0.3) is 5.91 Å². The molecule has 0 aliphatic carbocycles. The van der Waals surface area contributed by atoms with Gasteiger partial charge in [0.05, 0.1) is 5.69 Å². The second-order valence-electron chi connectivity index (χ2n) is 4.14. The number of H-pyrrole nitrogens is 1. The summed E-state index contributed by atoms with van der Waals surface area (Å²) in [5.41, 5.74) is 7.06. The first-order valence-electron chi connectivity index (χ1n) is 5.86. The Kier molecular flexibility index (Phi) is 5.44.